The molecule has 4 rings (SSSR count). The van der Waals surface area contributed by atoms with Crippen molar-refractivity contribution in [2.45, 2.75) is 18.8 Å². The summed E-state index contributed by atoms with van der Waals surface area (Å²) in [6.07, 6.45) is 2.14. The molecular formula is C21H25ClN4O. The summed E-state index contributed by atoms with van der Waals surface area (Å²) in [5.74, 6) is 1.66. The van der Waals surface area contributed by atoms with Crippen LogP contribution in [-0.2, 0) is 4.79 Å². The minimum atomic E-state index is -0.215. The molecule has 5 nitrogen and oxygen atoms in total. The van der Waals surface area contributed by atoms with Crippen molar-refractivity contribution in [3.63, 3.8) is 0 Å². The van der Waals surface area contributed by atoms with Gasteiger partial charge in [0.05, 0.1) is 5.92 Å². The predicted molar refractivity (Wildman–Crippen MR) is 109 cm³/mol. The van der Waals surface area contributed by atoms with E-state index in [0.29, 0.717) is 16.8 Å². The second-order valence-corrected chi connectivity index (χ2v) is 7.90. The molecule has 1 aromatic heterocycles. The molecular weight excluding hydrogens is 360 g/mol. The number of halogens is 1. The zero-order valence-corrected chi connectivity index (χ0v) is 16.3. The third kappa shape index (κ3) is 4.25. The van der Waals surface area contributed by atoms with Crippen LogP contribution in [0.4, 0.5) is 11.6 Å². The Kier molecular flexibility index (Phi) is 5.32. The number of amides is 1. The van der Waals surface area contributed by atoms with Gasteiger partial charge in [0.15, 0.2) is 0 Å². The van der Waals surface area contributed by atoms with E-state index in [2.05, 4.69) is 27.1 Å². The number of rotatable bonds is 5. The first-order valence-corrected chi connectivity index (χ1v) is 9.95. The zero-order valence-electron chi connectivity index (χ0n) is 15.6. The van der Waals surface area contributed by atoms with E-state index >= 15 is 0 Å². The number of piperazine rings is 1. The second kappa shape index (κ2) is 7.87. The zero-order chi connectivity index (χ0) is 18.8. The van der Waals surface area contributed by atoms with Crippen molar-refractivity contribution >= 4 is 29.1 Å². The summed E-state index contributed by atoms with van der Waals surface area (Å²) in [6.45, 7) is 3.94. The smallest absolute Gasteiger partial charge is 0.233 e. The molecule has 1 saturated heterocycles. The Labute approximate surface area is 165 Å². The van der Waals surface area contributed by atoms with E-state index < -0.39 is 0 Å². The van der Waals surface area contributed by atoms with Crippen LogP contribution in [0, 0.1) is 5.92 Å². The van der Waals surface area contributed by atoms with Crippen molar-refractivity contribution in [2.75, 3.05) is 43.4 Å². The highest BCUT2D eigenvalue weighted by atomic mass is 35.5. The van der Waals surface area contributed by atoms with Gasteiger partial charge in [0.1, 0.15) is 11.6 Å². The average molecular weight is 385 g/mol. The van der Waals surface area contributed by atoms with Gasteiger partial charge >= 0.3 is 0 Å². The molecule has 142 valence electrons. The molecule has 1 aromatic carbocycles. The Morgan fingerprint density at radius 2 is 1.85 bits per heavy atom. The fourth-order valence-corrected chi connectivity index (χ4v) is 3.93. The van der Waals surface area contributed by atoms with Crippen LogP contribution in [0.3, 0.4) is 0 Å². The van der Waals surface area contributed by atoms with Crippen LogP contribution in [-0.4, -0.2) is 49.0 Å². The van der Waals surface area contributed by atoms with Crippen LogP contribution in [0.5, 0.6) is 0 Å². The minimum Gasteiger partial charge on any atom is -0.354 e. The quantitative estimate of drug-likeness (QED) is 0.855. The number of anilines is 2. The summed E-state index contributed by atoms with van der Waals surface area (Å²) in [5, 5.41) is 3.69. The average Bonchev–Trinajstić information content (AvgIpc) is 3.49. The Bertz CT molecular complexity index is 815. The minimum absolute atomic E-state index is 0.0198. The second-order valence-electron chi connectivity index (χ2n) is 7.50. The van der Waals surface area contributed by atoms with Crippen molar-refractivity contribution in [3.8, 4) is 0 Å². The molecule has 1 amide bonds. The Hall–Kier alpha value is -2.11. The number of carbonyl (C=O) groups excluding carboxylic acids is 1. The lowest BCUT2D eigenvalue weighted by molar-refractivity contribution is -0.118. The van der Waals surface area contributed by atoms with Crippen LogP contribution in [0.15, 0.2) is 42.5 Å². The maximum atomic E-state index is 13.0. The highest BCUT2D eigenvalue weighted by Gasteiger charge is 2.38. The van der Waals surface area contributed by atoms with E-state index in [1.807, 2.05) is 42.5 Å². The first-order valence-electron chi connectivity index (χ1n) is 9.57. The van der Waals surface area contributed by atoms with Gasteiger partial charge in [-0.05, 0) is 49.6 Å². The molecule has 1 unspecified atom stereocenters. The molecule has 2 fully saturated rings. The Morgan fingerprint density at radius 1 is 1.11 bits per heavy atom. The van der Waals surface area contributed by atoms with Crippen LogP contribution in [0.1, 0.15) is 24.3 Å². The third-order valence-electron chi connectivity index (χ3n) is 5.43. The van der Waals surface area contributed by atoms with Gasteiger partial charge < -0.3 is 15.1 Å². The molecule has 0 radical (unpaired) electrons. The van der Waals surface area contributed by atoms with Gasteiger partial charge in [-0.3, -0.25) is 4.79 Å². The number of hydrogen-bond donors (Lipinski definition) is 1. The van der Waals surface area contributed by atoms with Gasteiger partial charge in [-0.25, -0.2) is 4.98 Å². The van der Waals surface area contributed by atoms with E-state index in [0.717, 1.165) is 50.4 Å². The van der Waals surface area contributed by atoms with Crippen LogP contribution in [0.25, 0.3) is 0 Å². The molecule has 0 spiro atoms. The fraction of sp³-hybridized carbons (Fsp3) is 0.429. The number of nitrogens with zero attached hydrogens (tertiary/aromatic N) is 3. The monoisotopic (exact) mass is 384 g/mol. The Balaban J connectivity index is 1.50. The first kappa shape index (κ1) is 18.3. The maximum Gasteiger partial charge on any atom is 0.233 e. The van der Waals surface area contributed by atoms with Gasteiger partial charge in [-0.15, -0.1) is 0 Å². The maximum absolute atomic E-state index is 13.0. The normalized spacial score (nSPS) is 19.0. The van der Waals surface area contributed by atoms with Gasteiger partial charge in [0.2, 0.25) is 5.91 Å². The van der Waals surface area contributed by atoms with Crippen molar-refractivity contribution in [1.82, 2.24) is 9.88 Å². The summed E-state index contributed by atoms with van der Waals surface area (Å²) in [7, 11) is 2.13. The molecule has 2 heterocycles. The molecule has 1 saturated carbocycles. The fourth-order valence-electron chi connectivity index (χ4n) is 3.67. The van der Waals surface area contributed by atoms with E-state index in [1.165, 1.54) is 0 Å². The number of nitrogens with one attached hydrogen (secondary N) is 1. The molecule has 2 aromatic rings. The summed E-state index contributed by atoms with van der Waals surface area (Å²) < 4.78 is 0. The lowest BCUT2D eigenvalue weighted by Crippen LogP contribution is -2.44. The van der Waals surface area contributed by atoms with Crippen LogP contribution < -0.4 is 10.2 Å². The number of likely N-dealkylation sites (N-methyl/N-ethyl adjacent to an activating group) is 1. The highest BCUT2D eigenvalue weighted by molar-refractivity contribution is 6.31. The standard InChI is InChI=1S/C21H25ClN4O/c1-25-11-13-26(14-12-25)19-8-4-7-18(23-19)24-21(27)20(15-9-10-15)16-5-2-3-6-17(16)22/h2-8,15,20H,9-14H2,1H3,(H,23,24,27). The van der Waals surface area contributed by atoms with E-state index in [9.17, 15) is 4.79 Å². The Morgan fingerprint density at radius 3 is 2.56 bits per heavy atom. The number of benzene rings is 1. The summed E-state index contributed by atoms with van der Waals surface area (Å²) in [6, 6.07) is 13.5. The highest BCUT2D eigenvalue weighted by Crippen LogP contribution is 2.45. The lowest BCUT2D eigenvalue weighted by atomic mass is 9.93. The molecule has 27 heavy (non-hydrogen) atoms. The first-order chi connectivity index (χ1) is 13.1. The molecule has 2 aliphatic rings. The molecule has 0 bridgehead atoms. The summed E-state index contributed by atoms with van der Waals surface area (Å²) >= 11 is 6.37. The van der Waals surface area contributed by atoms with Gasteiger partial charge in [0.25, 0.3) is 0 Å². The lowest BCUT2D eigenvalue weighted by Gasteiger charge is -2.33. The molecule has 1 atom stereocenters. The third-order valence-corrected chi connectivity index (χ3v) is 5.77. The number of carbonyl (C=O) groups is 1. The predicted octanol–water partition coefficient (Wildman–Crippen LogP) is 3.62. The summed E-state index contributed by atoms with van der Waals surface area (Å²) in [5.41, 5.74) is 0.911. The van der Waals surface area contributed by atoms with Gasteiger partial charge in [0, 0.05) is 31.2 Å². The van der Waals surface area contributed by atoms with E-state index in [1.54, 1.807) is 0 Å². The van der Waals surface area contributed by atoms with E-state index in [-0.39, 0.29) is 11.8 Å². The van der Waals surface area contributed by atoms with Gasteiger partial charge in [-0.1, -0.05) is 35.9 Å². The number of aromatic nitrogens is 1. The molecule has 6 heteroatoms. The van der Waals surface area contributed by atoms with Crippen molar-refractivity contribution in [2.24, 2.45) is 5.92 Å². The van der Waals surface area contributed by atoms with Crippen molar-refractivity contribution in [1.29, 1.82) is 0 Å². The summed E-state index contributed by atoms with van der Waals surface area (Å²) in [4.78, 5) is 22.3. The molecule has 1 aliphatic heterocycles. The number of hydrogen-bond acceptors (Lipinski definition) is 4. The molecule has 1 N–H and O–H groups in total. The number of pyridine rings is 1. The topological polar surface area (TPSA) is 48.5 Å². The van der Waals surface area contributed by atoms with E-state index in [4.69, 9.17) is 11.6 Å². The van der Waals surface area contributed by atoms with Crippen molar-refractivity contribution < 1.29 is 4.79 Å². The van der Waals surface area contributed by atoms with Crippen LogP contribution >= 0.6 is 11.6 Å². The largest absolute Gasteiger partial charge is 0.354 e. The van der Waals surface area contributed by atoms with Crippen molar-refractivity contribution in [3.05, 3.63) is 53.1 Å². The van der Waals surface area contributed by atoms with Gasteiger partial charge in [-0.2, -0.15) is 0 Å². The SMILES string of the molecule is CN1CCN(c2cccc(NC(=O)C(c3ccccc3Cl)C3CC3)n2)CC1. The molecule has 1 aliphatic carbocycles. The van der Waals surface area contributed by atoms with Crippen LogP contribution in [0.2, 0.25) is 5.02 Å².